The summed E-state index contributed by atoms with van der Waals surface area (Å²) in [6, 6.07) is 7.51. The maximum Gasteiger partial charge on any atom is 0.158 e. The number of aliphatic hydroxyl groups is 1. The Bertz CT molecular complexity index is 1030. The lowest BCUT2D eigenvalue weighted by Crippen LogP contribution is -2.37. The highest BCUT2D eigenvalue weighted by atomic mass is 16.5. The molecule has 3 N–H and O–H groups in total. The van der Waals surface area contributed by atoms with Crippen LogP contribution in [0.4, 0.5) is 0 Å². The van der Waals surface area contributed by atoms with Crippen LogP contribution in [0.1, 0.15) is 119 Å². The third-order valence-electron chi connectivity index (χ3n) is 6.95. The van der Waals surface area contributed by atoms with Crippen molar-refractivity contribution >= 4 is 0 Å². The fourth-order valence-corrected chi connectivity index (χ4v) is 4.49. The third kappa shape index (κ3) is 7.59. The van der Waals surface area contributed by atoms with Crippen LogP contribution in [0.25, 0.3) is 0 Å². The van der Waals surface area contributed by atoms with Gasteiger partial charge in [0.05, 0.1) is 6.10 Å². The molecule has 0 bridgehead atoms. The molecule has 2 unspecified atom stereocenters. The molecule has 0 amide bonds. The standard InChI is InChI=1S/C33H52O5/c1-14-26(34)27(38-21-17-24(32(8,9)10)29(36)25(18-21)33(11,12)13)19-37-20-15-22(30(2,3)4)28(35)23(16-20)31(5,6)7/h15-18,26-27,34-36H,14,19H2,1-13H3. The molecule has 0 fully saturated rings. The molecule has 0 heterocycles. The molecule has 2 rings (SSSR count). The highest BCUT2D eigenvalue weighted by Gasteiger charge is 2.30. The molecule has 5 heteroatoms. The van der Waals surface area contributed by atoms with Crippen LogP contribution in [0.15, 0.2) is 24.3 Å². The molecule has 5 nitrogen and oxygen atoms in total. The van der Waals surface area contributed by atoms with E-state index in [1.165, 1.54) is 0 Å². The van der Waals surface area contributed by atoms with Crippen LogP contribution >= 0.6 is 0 Å². The van der Waals surface area contributed by atoms with Crippen molar-refractivity contribution in [1.82, 2.24) is 0 Å². The monoisotopic (exact) mass is 528 g/mol. The van der Waals surface area contributed by atoms with Crippen LogP contribution in [-0.4, -0.2) is 34.1 Å². The van der Waals surface area contributed by atoms with Crippen molar-refractivity contribution in [3.05, 3.63) is 46.5 Å². The van der Waals surface area contributed by atoms with Crippen LogP contribution in [-0.2, 0) is 21.7 Å². The molecular formula is C33H52O5. The number of rotatable bonds is 7. The van der Waals surface area contributed by atoms with Gasteiger partial charge in [0.1, 0.15) is 29.6 Å². The zero-order chi connectivity index (χ0) is 29.4. The normalized spacial score (nSPS) is 14.8. The Morgan fingerprint density at radius 3 is 1.21 bits per heavy atom. The van der Waals surface area contributed by atoms with E-state index in [0.717, 1.165) is 22.3 Å². The van der Waals surface area contributed by atoms with Crippen molar-refractivity contribution in [3.8, 4) is 23.0 Å². The molecule has 2 atom stereocenters. The van der Waals surface area contributed by atoms with Crippen LogP contribution in [0.2, 0.25) is 0 Å². The summed E-state index contributed by atoms with van der Waals surface area (Å²) in [5.41, 5.74) is 2.09. The van der Waals surface area contributed by atoms with E-state index >= 15 is 0 Å². The van der Waals surface area contributed by atoms with E-state index in [1.54, 1.807) is 0 Å². The van der Waals surface area contributed by atoms with Gasteiger partial charge < -0.3 is 24.8 Å². The maximum atomic E-state index is 11.1. The summed E-state index contributed by atoms with van der Waals surface area (Å²) in [5, 5.41) is 33.0. The molecule has 0 saturated heterocycles. The van der Waals surface area contributed by atoms with Gasteiger partial charge in [0.25, 0.3) is 0 Å². The fraction of sp³-hybridized carbons (Fsp3) is 0.636. The number of ether oxygens (including phenoxy) is 2. The van der Waals surface area contributed by atoms with Gasteiger partial charge in [-0.2, -0.15) is 0 Å². The van der Waals surface area contributed by atoms with E-state index in [0.29, 0.717) is 23.7 Å². The van der Waals surface area contributed by atoms with E-state index in [4.69, 9.17) is 9.47 Å². The van der Waals surface area contributed by atoms with Crippen molar-refractivity contribution in [3.63, 3.8) is 0 Å². The number of aromatic hydroxyl groups is 2. The third-order valence-corrected chi connectivity index (χ3v) is 6.95. The van der Waals surface area contributed by atoms with Crippen molar-refractivity contribution < 1.29 is 24.8 Å². The summed E-state index contributed by atoms with van der Waals surface area (Å²) in [4.78, 5) is 0. The minimum absolute atomic E-state index is 0.128. The van der Waals surface area contributed by atoms with Gasteiger partial charge in [-0.05, 0) is 52.3 Å². The lowest BCUT2D eigenvalue weighted by molar-refractivity contribution is 0.00642. The Balaban J connectivity index is 2.50. The van der Waals surface area contributed by atoms with Gasteiger partial charge >= 0.3 is 0 Å². The van der Waals surface area contributed by atoms with Gasteiger partial charge in [0, 0.05) is 22.3 Å². The second-order valence-electron chi connectivity index (χ2n) is 14.7. The molecular weight excluding hydrogens is 476 g/mol. The highest BCUT2D eigenvalue weighted by Crippen LogP contribution is 2.43. The average Bonchev–Trinajstić information content (AvgIpc) is 2.74. The maximum absolute atomic E-state index is 11.1. The second kappa shape index (κ2) is 11.0. The van der Waals surface area contributed by atoms with E-state index in [1.807, 2.05) is 31.2 Å². The van der Waals surface area contributed by atoms with Gasteiger partial charge in [0.2, 0.25) is 0 Å². The summed E-state index contributed by atoms with van der Waals surface area (Å²) in [6.45, 7) is 26.8. The Hall–Kier alpha value is -2.40. The lowest BCUT2D eigenvalue weighted by Gasteiger charge is -2.30. The summed E-state index contributed by atoms with van der Waals surface area (Å²) in [7, 11) is 0. The van der Waals surface area contributed by atoms with Gasteiger partial charge in [-0.1, -0.05) is 90.0 Å². The van der Waals surface area contributed by atoms with Crippen molar-refractivity contribution in [2.75, 3.05) is 6.61 Å². The molecule has 2 aromatic carbocycles. The van der Waals surface area contributed by atoms with Gasteiger partial charge in [-0.25, -0.2) is 0 Å². The van der Waals surface area contributed by atoms with E-state index in [-0.39, 0.29) is 34.0 Å². The number of hydrogen-bond donors (Lipinski definition) is 3. The topological polar surface area (TPSA) is 79.2 Å². The molecule has 214 valence electrons. The van der Waals surface area contributed by atoms with Crippen LogP contribution in [0.3, 0.4) is 0 Å². The summed E-state index contributed by atoms with van der Waals surface area (Å²) in [6.07, 6.45) is -0.878. The number of phenols is 2. The van der Waals surface area contributed by atoms with E-state index < -0.39 is 12.2 Å². The Kier molecular flexibility index (Phi) is 9.21. The first kappa shape index (κ1) is 31.8. The molecule has 0 saturated carbocycles. The van der Waals surface area contributed by atoms with Crippen molar-refractivity contribution in [2.45, 2.75) is 130 Å². The van der Waals surface area contributed by atoms with Crippen molar-refractivity contribution in [1.29, 1.82) is 0 Å². The Morgan fingerprint density at radius 1 is 0.605 bits per heavy atom. The first-order valence-corrected chi connectivity index (χ1v) is 13.8. The van der Waals surface area contributed by atoms with Gasteiger partial charge in [-0.3, -0.25) is 0 Å². The Morgan fingerprint density at radius 2 is 0.921 bits per heavy atom. The number of hydrogen-bond acceptors (Lipinski definition) is 5. The average molecular weight is 529 g/mol. The number of benzene rings is 2. The molecule has 0 aliphatic carbocycles. The summed E-state index contributed by atoms with van der Waals surface area (Å²) in [5.74, 6) is 1.81. The number of phenolic OH excluding ortho intramolecular Hbond substituents is 2. The smallest absolute Gasteiger partial charge is 0.158 e. The van der Waals surface area contributed by atoms with E-state index in [2.05, 4.69) is 83.1 Å². The lowest BCUT2D eigenvalue weighted by atomic mass is 9.79. The van der Waals surface area contributed by atoms with Gasteiger partial charge in [0.15, 0.2) is 6.10 Å². The van der Waals surface area contributed by atoms with Crippen LogP contribution in [0, 0.1) is 0 Å². The zero-order valence-electron chi connectivity index (χ0n) is 26.0. The SMILES string of the molecule is CCC(O)C(COc1cc(C(C)(C)C)c(O)c(C(C)(C)C)c1)Oc1cc(C(C)(C)C)c(O)c(C(C)(C)C)c1. The second-order valence-corrected chi connectivity index (χ2v) is 14.7. The molecule has 38 heavy (non-hydrogen) atoms. The largest absolute Gasteiger partial charge is 0.507 e. The predicted octanol–water partition coefficient (Wildman–Crippen LogP) is 7.89. The minimum atomic E-state index is -0.749. The Labute approximate surface area is 231 Å². The molecule has 0 aliphatic heterocycles. The fourth-order valence-electron chi connectivity index (χ4n) is 4.49. The minimum Gasteiger partial charge on any atom is -0.507 e. The quantitative estimate of drug-likeness (QED) is 0.341. The molecule has 0 radical (unpaired) electrons. The van der Waals surface area contributed by atoms with Crippen molar-refractivity contribution in [2.24, 2.45) is 0 Å². The molecule has 0 spiro atoms. The van der Waals surface area contributed by atoms with Crippen LogP contribution < -0.4 is 9.47 Å². The first-order valence-electron chi connectivity index (χ1n) is 13.8. The zero-order valence-corrected chi connectivity index (χ0v) is 26.0. The molecule has 2 aromatic rings. The van der Waals surface area contributed by atoms with E-state index in [9.17, 15) is 15.3 Å². The first-order chi connectivity index (χ1) is 17.1. The number of aliphatic hydroxyl groups excluding tert-OH is 1. The predicted molar refractivity (Wildman–Crippen MR) is 157 cm³/mol. The van der Waals surface area contributed by atoms with Crippen LogP contribution in [0.5, 0.6) is 23.0 Å². The molecule has 0 aliphatic rings. The highest BCUT2D eigenvalue weighted by molar-refractivity contribution is 5.53. The molecule has 0 aromatic heterocycles. The summed E-state index contributed by atoms with van der Waals surface area (Å²) < 4.78 is 12.7. The van der Waals surface area contributed by atoms with Gasteiger partial charge in [-0.15, -0.1) is 0 Å². The summed E-state index contributed by atoms with van der Waals surface area (Å²) >= 11 is 0.